The highest BCUT2D eigenvalue weighted by Gasteiger charge is 2.30. The second-order valence-corrected chi connectivity index (χ2v) is 9.76. The summed E-state index contributed by atoms with van der Waals surface area (Å²) in [5, 5.41) is 1.25. The van der Waals surface area contributed by atoms with Crippen molar-refractivity contribution < 1.29 is 4.79 Å². The van der Waals surface area contributed by atoms with E-state index in [0.29, 0.717) is 18.4 Å². The van der Waals surface area contributed by atoms with Crippen LogP contribution in [0.5, 0.6) is 0 Å². The molecule has 1 fully saturated rings. The Morgan fingerprint density at radius 2 is 1.88 bits per heavy atom. The number of carbonyl (C=O) groups excluding carboxylic acids is 1. The molecule has 0 aliphatic carbocycles. The molecule has 6 heteroatoms. The largest absolute Gasteiger partial charge is 0.354 e. The minimum absolute atomic E-state index is 0.0537. The average Bonchev–Trinajstić information content (AvgIpc) is 3.09. The van der Waals surface area contributed by atoms with Crippen LogP contribution in [0.3, 0.4) is 0 Å². The molecule has 3 aromatic rings. The standard InChI is InChI=1S/C26H34N4O2/c1-15(2)24-20-10-18(19-11-30(12-19)14-23(31)28(5)6)8-9-22(20)27-25(24)21-13-29(7)26(32)17(4)16(21)3/h8-10,13,15,19,27H,11-12,14H2,1-7H3. The quantitative estimate of drug-likeness (QED) is 0.665. The molecule has 1 aliphatic rings. The Morgan fingerprint density at radius 1 is 1.19 bits per heavy atom. The molecule has 0 atom stereocenters. The number of aryl methyl sites for hydroxylation is 1. The van der Waals surface area contributed by atoms with E-state index in [-0.39, 0.29) is 11.5 Å². The fourth-order valence-corrected chi connectivity index (χ4v) is 4.77. The number of rotatable bonds is 5. The number of aromatic nitrogens is 2. The number of benzene rings is 1. The van der Waals surface area contributed by atoms with E-state index in [1.165, 1.54) is 16.5 Å². The van der Waals surface area contributed by atoms with Gasteiger partial charge in [0.15, 0.2) is 0 Å². The number of pyridine rings is 1. The fourth-order valence-electron chi connectivity index (χ4n) is 4.77. The predicted octanol–water partition coefficient (Wildman–Crippen LogP) is 3.76. The Labute approximate surface area is 189 Å². The lowest BCUT2D eigenvalue weighted by Gasteiger charge is -2.39. The molecule has 0 unspecified atom stereocenters. The van der Waals surface area contributed by atoms with Gasteiger partial charge in [0, 0.05) is 68.4 Å². The lowest BCUT2D eigenvalue weighted by atomic mass is 9.88. The van der Waals surface area contributed by atoms with Crippen LogP contribution in [0.15, 0.2) is 29.2 Å². The zero-order valence-corrected chi connectivity index (χ0v) is 20.2. The van der Waals surface area contributed by atoms with Gasteiger partial charge in [-0.1, -0.05) is 19.9 Å². The van der Waals surface area contributed by atoms with Crippen LogP contribution in [0.25, 0.3) is 22.2 Å². The van der Waals surface area contributed by atoms with E-state index in [0.717, 1.165) is 41.0 Å². The maximum absolute atomic E-state index is 12.4. The molecule has 0 saturated carbocycles. The summed E-state index contributed by atoms with van der Waals surface area (Å²) in [4.78, 5) is 31.9. The fraction of sp³-hybridized carbons (Fsp3) is 0.462. The number of likely N-dealkylation sites (N-methyl/N-ethyl adjacent to an activating group) is 1. The van der Waals surface area contributed by atoms with Gasteiger partial charge in [0.1, 0.15) is 0 Å². The number of hydrogen-bond donors (Lipinski definition) is 1. The highest BCUT2D eigenvalue weighted by atomic mass is 16.2. The van der Waals surface area contributed by atoms with Gasteiger partial charge in [0.25, 0.3) is 5.56 Å². The number of aromatic amines is 1. The van der Waals surface area contributed by atoms with Crippen LogP contribution in [-0.2, 0) is 11.8 Å². The summed E-state index contributed by atoms with van der Waals surface area (Å²) < 4.78 is 1.68. The topological polar surface area (TPSA) is 61.3 Å². The van der Waals surface area contributed by atoms with Gasteiger partial charge in [-0.25, -0.2) is 0 Å². The third-order valence-electron chi connectivity index (χ3n) is 6.93. The van der Waals surface area contributed by atoms with Crippen LogP contribution in [0.4, 0.5) is 0 Å². The first-order valence-corrected chi connectivity index (χ1v) is 11.3. The molecular weight excluding hydrogens is 400 g/mol. The van der Waals surface area contributed by atoms with Crippen molar-refractivity contribution in [3.8, 4) is 11.3 Å². The number of nitrogens with zero attached hydrogens (tertiary/aromatic N) is 3. The Bertz CT molecular complexity index is 1240. The van der Waals surface area contributed by atoms with Crippen LogP contribution in [-0.4, -0.2) is 59.0 Å². The Hall–Kier alpha value is -2.86. The molecule has 1 aromatic carbocycles. The molecule has 4 rings (SSSR count). The third-order valence-corrected chi connectivity index (χ3v) is 6.93. The van der Waals surface area contributed by atoms with E-state index in [4.69, 9.17) is 0 Å². The lowest BCUT2D eigenvalue weighted by molar-refractivity contribution is -0.131. The van der Waals surface area contributed by atoms with Gasteiger partial charge in [-0.3, -0.25) is 14.5 Å². The highest BCUT2D eigenvalue weighted by Crippen LogP contribution is 2.39. The molecule has 0 bridgehead atoms. The minimum atomic E-state index is 0.0537. The zero-order chi connectivity index (χ0) is 23.3. The number of hydrogen-bond acceptors (Lipinski definition) is 3. The number of fused-ring (bicyclic) bond motifs is 1. The van der Waals surface area contributed by atoms with E-state index in [2.05, 4.69) is 41.9 Å². The molecular formula is C26H34N4O2. The Balaban J connectivity index is 1.71. The maximum atomic E-state index is 12.4. The summed E-state index contributed by atoms with van der Waals surface area (Å²) in [7, 11) is 5.42. The summed E-state index contributed by atoms with van der Waals surface area (Å²) in [6.07, 6.45) is 1.95. The number of amides is 1. The van der Waals surface area contributed by atoms with E-state index < -0.39 is 0 Å². The zero-order valence-electron chi connectivity index (χ0n) is 20.2. The van der Waals surface area contributed by atoms with Crippen LogP contribution >= 0.6 is 0 Å². The van der Waals surface area contributed by atoms with Gasteiger partial charge in [-0.15, -0.1) is 0 Å². The van der Waals surface area contributed by atoms with Crippen LogP contribution in [0, 0.1) is 13.8 Å². The SMILES string of the molecule is Cc1c(-c2[nH]c3ccc(C4CN(CC(=O)N(C)C)C4)cc3c2C(C)C)cn(C)c(=O)c1C. The van der Waals surface area contributed by atoms with Gasteiger partial charge < -0.3 is 14.5 Å². The molecule has 3 heterocycles. The molecule has 1 saturated heterocycles. The molecule has 6 nitrogen and oxygen atoms in total. The number of nitrogens with one attached hydrogen (secondary N) is 1. The Morgan fingerprint density at radius 3 is 2.50 bits per heavy atom. The van der Waals surface area contributed by atoms with Gasteiger partial charge in [0.2, 0.25) is 5.91 Å². The summed E-state index contributed by atoms with van der Waals surface area (Å²) >= 11 is 0. The van der Waals surface area contributed by atoms with Crippen molar-refractivity contribution in [2.24, 2.45) is 7.05 Å². The van der Waals surface area contributed by atoms with Crippen molar-refractivity contribution in [2.45, 2.75) is 39.5 Å². The van der Waals surface area contributed by atoms with Gasteiger partial charge in [0.05, 0.1) is 12.2 Å². The molecule has 0 radical (unpaired) electrons. The summed E-state index contributed by atoms with van der Waals surface area (Å²) in [5.41, 5.74) is 7.81. The van der Waals surface area contributed by atoms with E-state index >= 15 is 0 Å². The van der Waals surface area contributed by atoms with Crippen molar-refractivity contribution in [1.82, 2.24) is 19.4 Å². The first-order chi connectivity index (χ1) is 15.1. The third kappa shape index (κ3) is 3.77. The molecule has 1 N–H and O–H groups in total. The van der Waals surface area contributed by atoms with Crippen LogP contribution in [0.2, 0.25) is 0 Å². The highest BCUT2D eigenvalue weighted by molar-refractivity contribution is 5.92. The minimum Gasteiger partial charge on any atom is -0.354 e. The van der Waals surface area contributed by atoms with Gasteiger partial charge in [-0.2, -0.15) is 0 Å². The molecule has 2 aromatic heterocycles. The van der Waals surface area contributed by atoms with Crippen molar-refractivity contribution in [3.05, 3.63) is 57.0 Å². The molecule has 1 amide bonds. The second-order valence-electron chi connectivity index (χ2n) is 9.76. The van der Waals surface area contributed by atoms with E-state index in [1.54, 1.807) is 23.6 Å². The normalized spacial score (nSPS) is 14.9. The number of likely N-dealkylation sites (tertiary alicyclic amines) is 1. The summed E-state index contributed by atoms with van der Waals surface area (Å²) in [6.45, 7) is 10.7. The molecule has 32 heavy (non-hydrogen) atoms. The van der Waals surface area contributed by atoms with Gasteiger partial charge >= 0.3 is 0 Å². The smallest absolute Gasteiger partial charge is 0.253 e. The van der Waals surface area contributed by atoms with Crippen molar-refractivity contribution >= 4 is 16.8 Å². The van der Waals surface area contributed by atoms with Crippen molar-refractivity contribution in [3.63, 3.8) is 0 Å². The number of H-pyrrole nitrogens is 1. The average molecular weight is 435 g/mol. The summed E-state index contributed by atoms with van der Waals surface area (Å²) in [6, 6.07) is 6.71. The molecule has 1 aliphatic heterocycles. The van der Waals surface area contributed by atoms with E-state index in [1.807, 2.05) is 27.1 Å². The Kier molecular flexibility index (Phi) is 5.76. The van der Waals surface area contributed by atoms with E-state index in [9.17, 15) is 9.59 Å². The first-order valence-electron chi connectivity index (χ1n) is 11.3. The van der Waals surface area contributed by atoms with Gasteiger partial charge in [-0.05, 0) is 48.6 Å². The van der Waals surface area contributed by atoms with Crippen molar-refractivity contribution in [1.29, 1.82) is 0 Å². The monoisotopic (exact) mass is 434 g/mol. The second kappa shape index (κ2) is 8.24. The summed E-state index contributed by atoms with van der Waals surface area (Å²) in [5.74, 6) is 0.940. The maximum Gasteiger partial charge on any atom is 0.253 e. The van der Waals surface area contributed by atoms with Crippen LogP contribution < -0.4 is 5.56 Å². The lowest BCUT2D eigenvalue weighted by Crippen LogP contribution is -2.49. The number of carbonyl (C=O) groups is 1. The van der Waals surface area contributed by atoms with Crippen molar-refractivity contribution in [2.75, 3.05) is 33.7 Å². The molecule has 170 valence electrons. The first kappa shape index (κ1) is 22.3. The van der Waals surface area contributed by atoms with Crippen LogP contribution in [0.1, 0.15) is 47.9 Å². The molecule has 0 spiro atoms. The predicted molar refractivity (Wildman–Crippen MR) is 130 cm³/mol.